The van der Waals surface area contributed by atoms with E-state index in [0.717, 1.165) is 11.3 Å². The van der Waals surface area contributed by atoms with Gasteiger partial charge in [-0.05, 0) is 50.1 Å². The van der Waals surface area contributed by atoms with Crippen LogP contribution in [0.5, 0.6) is 0 Å². The normalized spacial score (nSPS) is 15.7. The first-order valence-corrected chi connectivity index (χ1v) is 10.6. The van der Waals surface area contributed by atoms with E-state index in [1.807, 2.05) is 25.1 Å². The molecular formula is C23H24ClFN4O2. The molecule has 3 aromatic rings. The lowest BCUT2D eigenvalue weighted by atomic mass is 10.0. The number of aliphatic hydroxyl groups is 1. The monoisotopic (exact) mass is 442 g/mol. The molecule has 2 heterocycles. The van der Waals surface area contributed by atoms with Crippen molar-refractivity contribution in [3.05, 3.63) is 81.5 Å². The van der Waals surface area contributed by atoms with Crippen molar-refractivity contribution in [2.45, 2.75) is 31.9 Å². The van der Waals surface area contributed by atoms with Gasteiger partial charge >= 0.3 is 0 Å². The number of hydrogen-bond acceptors (Lipinski definition) is 5. The molecule has 2 N–H and O–H groups in total. The molecule has 0 spiro atoms. The number of piperidine rings is 1. The van der Waals surface area contributed by atoms with Gasteiger partial charge in [0.1, 0.15) is 10.8 Å². The van der Waals surface area contributed by atoms with Crippen molar-refractivity contribution in [1.82, 2.24) is 9.78 Å². The van der Waals surface area contributed by atoms with Crippen molar-refractivity contribution >= 4 is 23.0 Å². The Morgan fingerprint density at radius 1 is 1.19 bits per heavy atom. The molecule has 6 nitrogen and oxygen atoms in total. The Morgan fingerprint density at radius 2 is 1.90 bits per heavy atom. The molecule has 0 radical (unpaired) electrons. The van der Waals surface area contributed by atoms with E-state index in [1.54, 1.807) is 18.2 Å². The smallest absolute Gasteiger partial charge is 0.292 e. The summed E-state index contributed by atoms with van der Waals surface area (Å²) < 4.78 is 15.3. The van der Waals surface area contributed by atoms with E-state index in [4.69, 9.17) is 11.6 Å². The predicted molar refractivity (Wildman–Crippen MR) is 121 cm³/mol. The van der Waals surface area contributed by atoms with Crippen molar-refractivity contribution in [1.29, 1.82) is 0 Å². The zero-order chi connectivity index (χ0) is 22.0. The fourth-order valence-corrected chi connectivity index (χ4v) is 4.05. The highest BCUT2D eigenvalue weighted by molar-refractivity contribution is 6.33. The highest BCUT2D eigenvalue weighted by Crippen LogP contribution is 2.32. The molecule has 2 aromatic carbocycles. The molecule has 31 heavy (non-hydrogen) atoms. The molecule has 1 saturated heterocycles. The van der Waals surface area contributed by atoms with E-state index >= 15 is 0 Å². The van der Waals surface area contributed by atoms with Crippen molar-refractivity contribution < 1.29 is 9.50 Å². The third-order valence-corrected chi connectivity index (χ3v) is 5.92. The number of aromatic nitrogens is 2. The zero-order valence-corrected chi connectivity index (χ0v) is 17.9. The topological polar surface area (TPSA) is 70.4 Å². The summed E-state index contributed by atoms with van der Waals surface area (Å²) in [5, 5.41) is 17.3. The van der Waals surface area contributed by atoms with Gasteiger partial charge in [0.05, 0.1) is 29.7 Å². The Hall–Kier alpha value is -2.90. The maximum atomic E-state index is 14.1. The van der Waals surface area contributed by atoms with E-state index < -0.39 is 5.56 Å². The fraction of sp³-hybridized carbons (Fsp3) is 0.304. The fourth-order valence-electron chi connectivity index (χ4n) is 3.86. The van der Waals surface area contributed by atoms with Gasteiger partial charge < -0.3 is 15.3 Å². The average Bonchev–Trinajstić information content (AvgIpc) is 2.78. The van der Waals surface area contributed by atoms with Gasteiger partial charge in [-0.1, -0.05) is 29.8 Å². The predicted octanol–water partition coefficient (Wildman–Crippen LogP) is 4.16. The maximum Gasteiger partial charge on any atom is 0.292 e. The van der Waals surface area contributed by atoms with Gasteiger partial charge in [0.25, 0.3) is 5.56 Å². The Labute approximate surface area is 184 Å². The van der Waals surface area contributed by atoms with Crippen molar-refractivity contribution in [2.24, 2.45) is 0 Å². The van der Waals surface area contributed by atoms with E-state index in [-0.39, 0.29) is 23.0 Å². The molecule has 1 aliphatic rings. The SMILES string of the molecule is CC(Nc1cnn(-c2ccccc2)c(=O)c1Cl)c1cc(F)ccc1N1CCC(O)CC1. The van der Waals surface area contributed by atoms with Crippen LogP contribution < -0.4 is 15.8 Å². The van der Waals surface area contributed by atoms with Gasteiger partial charge in [0.2, 0.25) is 0 Å². The molecule has 8 heteroatoms. The summed E-state index contributed by atoms with van der Waals surface area (Å²) >= 11 is 6.37. The van der Waals surface area contributed by atoms with Crippen LogP contribution in [0.25, 0.3) is 5.69 Å². The van der Waals surface area contributed by atoms with Gasteiger partial charge in [-0.3, -0.25) is 4.79 Å². The van der Waals surface area contributed by atoms with Crippen molar-refractivity contribution in [2.75, 3.05) is 23.3 Å². The first kappa shape index (κ1) is 21.3. The number of para-hydroxylation sites is 1. The van der Waals surface area contributed by atoms with Gasteiger partial charge in [-0.2, -0.15) is 9.78 Å². The van der Waals surface area contributed by atoms with Gasteiger partial charge in [0, 0.05) is 24.3 Å². The van der Waals surface area contributed by atoms with Crippen molar-refractivity contribution in [3.8, 4) is 5.69 Å². The van der Waals surface area contributed by atoms with Crippen LogP contribution in [0, 0.1) is 5.82 Å². The number of aliphatic hydroxyl groups excluding tert-OH is 1. The summed E-state index contributed by atoms with van der Waals surface area (Å²) in [5.41, 5.74) is 2.22. The number of nitrogens with zero attached hydrogens (tertiary/aromatic N) is 3. The first-order chi connectivity index (χ1) is 14.9. The van der Waals surface area contributed by atoms with Crippen LogP contribution in [-0.2, 0) is 0 Å². The van der Waals surface area contributed by atoms with Crippen LogP contribution in [0.4, 0.5) is 15.8 Å². The second-order valence-electron chi connectivity index (χ2n) is 7.71. The van der Waals surface area contributed by atoms with Crippen LogP contribution in [0.1, 0.15) is 31.4 Å². The molecule has 1 aromatic heterocycles. The lowest BCUT2D eigenvalue weighted by Gasteiger charge is -2.34. The third kappa shape index (κ3) is 4.57. The molecule has 0 saturated carbocycles. The minimum atomic E-state index is -0.436. The van der Waals surface area contributed by atoms with Crippen LogP contribution in [0.15, 0.2) is 59.5 Å². The lowest BCUT2D eigenvalue weighted by Crippen LogP contribution is -2.36. The molecule has 1 unspecified atom stereocenters. The first-order valence-electron chi connectivity index (χ1n) is 10.3. The van der Waals surface area contributed by atoms with Crippen LogP contribution in [0.2, 0.25) is 5.02 Å². The van der Waals surface area contributed by atoms with Crippen LogP contribution in [0.3, 0.4) is 0 Å². The van der Waals surface area contributed by atoms with E-state index in [0.29, 0.717) is 37.3 Å². The number of hydrogen-bond donors (Lipinski definition) is 2. The summed E-state index contributed by atoms with van der Waals surface area (Å²) in [6, 6.07) is 13.4. The highest BCUT2D eigenvalue weighted by Gasteiger charge is 2.22. The standard InChI is InChI=1S/C23H24ClFN4O2/c1-15(19-13-16(25)7-8-21(19)28-11-9-18(30)10-12-28)27-20-14-26-29(23(31)22(20)24)17-5-3-2-4-6-17/h2-8,13-15,18,27,30H,9-12H2,1H3. The Bertz CT molecular complexity index is 1110. The molecule has 1 fully saturated rings. The second kappa shape index (κ2) is 9.08. The van der Waals surface area contributed by atoms with Crippen molar-refractivity contribution in [3.63, 3.8) is 0 Å². The molecule has 162 valence electrons. The maximum absolute atomic E-state index is 14.1. The second-order valence-corrected chi connectivity index (χ2v) is 8.09. The lowest BCUT2D eigenvalue weighted by molar-refractivity contribution is 0.145. The molecule has 0 aliphatic carbocycles. The number of nitrogens with one attached hydrogen (secondary N) is 1. The van der Waals surface area contributed by atoms with E-state index in [1.165, 1.54) is 23.0 Å². The molecule has 0 bridgehead atoms. The number of anilines is 2. The summed E-state index contributed by atoms with van der Waals surface area (Å²) in [5.74, 6) is -0.340. The van der Waals surface area contributed by atoms with Gasteiger partial charge in [0.15, 0.2) is 0 Å². The zero-order valence-electron chi connectivity index (χ0n) is 17.1. The minimum Gasteiger partial charge on any atom is -0.393 e. The molecular weight excluding hydrogens is 419 g/mol. The largest absolute Gasteiger partial charge is 0.393 e. The van der Waals surface area contributed by atoms with Gasteiger partial charge in [-0.15, -0.1) is 0 Å². The number of halogens is 2. The van der Waals surface area contributed by atoms with Crippen LogP contribution >= 0.6 is 11.6 Å². The summed E-state index contributed by atoms with van der Waals surface area (Å²) in [4.78, 5) is 14.9. The average molecular weight is 443 g/mol. The van der Waals surface area contributed by atoms with E-state index in [2.05, 4.69) is 15.3 Å². The molecule has 1 atom stereocenters. The Kier molecular flexibility index (Phi) is 6.25. The molecule has 4 rings (SSSR count). The number of benzene rings is 2. The van der Waals surface area contributed by atoms with E-state index in [9.17, 15) is 14.3 Å². The number of rotatable bonds is 5. The quantitative estimate of drug-likeness (QED) is 0.621. The summed E-state index contributed by atoms with van der Waals surface area (Å²) in [7, 11) is 0. The minimum absolute atomic E-state index is 0.0183. The summed E-state index contributed by atoms with van der Waals surface area (Å²) in [6.45, 7) is 3.28. The summed E-state index contributed by atoms with van der Waals surface area (Å²) in [6.07, 6.45) is 2.55. The highest BCUT2D eigenvalue weighted by atomic mass is 35.5. The molecule has 1 aliphatic heterocycles. The molecule has 0 amide bonds. The van der Waals surface area contributed by atoms with Gasteiger partial charge in [-0.25, -0.2) is 4.39 Å². The van der Waals surface area contributed by atoms with Crippen LogP contribution in [-0.4, -0.2) is 34.1 Å². The Balaban J connectivity index is 1.62. The Morgan fingerprint density at radius 3 is 2.61 bits per heavy atom. The third-order valence-electron chi connectivity index (χ3n) is 5.55.